The molecule has 16 heavy (non-hydrogen) atoms. The topological polar surface area (TPSA) is 68.1 Å². The van der Waals surface area contributed by atoms with Crippen LogP contribution in [-0.4, -0.2) is 23.5 Å². The van der Waals surface area contributed by atoms with Crippen molar-refractivity contribution < 1.29 is 4.92 Å². The first-order chi connectivity index (χ1) is 7.57. The fourth-order valence-electron chi connectivity index (χ4n) is 1.26. The first kappa shape index (κ1) is 12.6. The van der Waals surface area contributed by atoms with E-state index in [1.165, 1.54) is 6.20 Å². The van der Waals surface area contributed by atoms with Crippen LogP contribution in [0.15, 0.2) is 12.3 Å². The third-order valence-electron chi connectivity index (χ3n) is 2.10. The van der Waals surface area contributed by atoms with E-state index < -0.39 is 4.92 Å². The maximum Gasteiger partial charge on any atom is 0.309 e. The van der Waals surface area contributed by atoms with Crippen molar-refractivity contribution in [3.8, 4) is 0 Å². The first-order valence-corrected chi connectivity index (χ1v) is 5.06. The van der Waals surface area contributed by atoms with Gasteiger partial charge in [-0.2, -0.15) is 0 Å². The highest BCUT2D eigenvalue weighted by atomic mass is 35.5. The maximum absolute atomic E-state index is 10.8. The Morgan fingerprint density at radius 3 is 2.94 bits per heavy atom. The number of aromatic nitrogens is 1. The predicted octanol–water partition coefficient (Wildman–Crippen LogP) is 2.18. The van der Waals surface area contributed by atoms with Crippen molar-refractivity contribution in [1.29, 1.82) is 0 Å². The summed E-state index contributed by atoms with van der Waals surface area (Å²) in [5.41, 5.74) is 1.09. The minimum Gasteiger partial charge on any atom is -0.316 e. The Kier molecular flexibility index (Phi) is 4.39. The molecule has 0 aliphatic rings. The summed E-state index contributed by atoms with van der Waals surface area (Å²) in [5, 5.41) is 13.6. The van der Waals surface area contributed by atoms with E-state index in [0.29, 0.717) is 17.7 Å². The number of pyridine rings is 1. The van der Waals surface area contributed by atoms with Gasteiger partial charge in [0.25, 0.3) is 0 Å². The molecule has 0 saturated heterocycles. The van der Waals surface area contributed by atoms with E-state index in [1.807, 2.05) is 13.1 Å². The first-order valence-electron chi connectivity index (χ1n) is 4.68. The molecule has 0 fully saturated rings. The molecular weight excluding hydrogens is 230 g/mol. The molecule has 1 aromatic heterocycles. The van der Waals surface area contributed by atoms with Gasteiger partial charge < -0.3 is 5.32 Å². The van der Waals surface area contributed by atoms with Crippen molar-refractivity contribution in [1.82, 2.24) is 10.3 Å². The molecule has 0 unspecified atom stereocenters. The largest absolute Gasteiger partial charge is 0.316 e. The lowest BCUT2D eigenvalue weighted by atomic mass is 10.1. The minimum atomic E-state index is -0.514. The van der Waals surface area contributed by atoms with Crippen LogP contribution in [0.1, 0.15) is 11.1 Å². The van der Waals surface area contributed by atoms with Crippen LogP contribution in [0.5, 0.6) is 0 Å². The molecule has 0 aliphatic carbocycles. The molecule has 1 aromatic rings. The van der Waals surface area contributed by atoms with E-state index in [2.05, 4.69) is 10.3 Å². The zero-order valence-corrected chi connectivity index (χ0v) is 9.78. The average Bonchev–Trinajstić information content (AvgIpc) is 2.21. The Morgan fingerprint density at radius 2 is 2.38 bits per heavy atom. The van der Waals surface area contributed by atoms with Crippen LogP contribution in [0, 0.1) is 17.0 Å². The van der Waals surface area contributed by atoms with Crippen molar-refractivity contribution >= 4 is 23.4 Å². The number of hydrogen-bond acceptors (Lipinski definition) is 4. The third-order valence-corrected chi connectivity index (χ3v) is 2.38. The van der Waals surface area contributed by atoms with E-state index in [4.69, 9.17) is 11.6 Å². The summed E-state index contributed by atoms with van der Waals surface area (Å²) in [6, 6.07) is 0. The number of likely N-dealkylation sites (N-methyl/N-ethyl adjacent to an activating group) is 1. The van der Waals surface area contributed by atoms with Crippen molar-refractivity contribution in [2.75, 3.05) is 13.6 Å². The molecule has 1 N–H and O–H groups in total. The standard InChI is InChI=1S/C10H12ClN3O2/c1-7-8(4-3-5-12-2)6-13-10(11)9(7)14(15)16/h3-4,6,12H,5H2,1-2H3. The molecule has 1 rings (SSSR count). The van der Waals surface area contributed by atoms with Crippen LogP contribution in [0.3, 0.4) is 0 Å². The van der Waals surface area contributed by atoms with Crippen LogP contribution in [-0.2, 0) is 0 Å². The van der Waals surface area contributed by atoms with Gasteiger partial charge in [0.05, 0.1) is 4.92 Å². The number of nitro groups is 1. The van der Waals surface area contributed by atoms with Gasteiger partial charge in [-0.1, -0.05) is 23.8 Å². The molecule has 0 aromatic carbocycles. The van der Waals surface area contributed by atoms with Crippen molar-refractivity contribution in [3.63, 3.8) is 0 Å². The fourth-order valence-corrected chi connectivity index (χ4v) is 1.52. The summed E-state index contributed by atoms with van der Waals surface area (Å²) < 4.78 is 0. The van der Waals surface area contributed by atoms with E-state index >= 15 is 0 Å². The lowest BCUT2D eigenvalue weighted by Gasteiger charge is -2.02. The van der Waals surface area contributed by atoms with Gasteiger partial charge in [0.15, 0.2) is 0 Å². The van der Waals surface area contributed by atoms with Gasteiger partial charge in [0.1, 0.15) is 0 Å². The predicted molar refractivity (Wildman–Crippen MR) is 63.6 cm³/mol. The second-order valence-electron chi connectivity index (χ2n) is 3.20. The summed E-state index contributed by atoms with van der Waals surface area (Å²) in [5.74, 6) is 0. The Balaban J connectivity index is 3.13. The lowest BCUT2D eigenvalue weighted by molar-refractivity contribution is -0.385. The highest BCUT2D eigenvalue weighted by Crippen LogP contribution is 2.28. The lowest BCUT2D eigenvalue weighted by Crippen LogP contribution is -2.04. The van der Waals surface area contributed by atoms with Crippen LogP contribution in [0.2, 0.25) is 5.15 Å². The molecule has 0 amide bonds. The van der Waals surface area contributed by atoms with Crippen molar-refractivity contribution in [2.45, 2.75) is 6.92 Å². The van der Waals surface area contributed by atoms with Crippen molar-refractivity contribution in [2.24, 2.45) is 0 Å². The molecule has 0 aliphatic heterocycles. The third kappa shape index (κ3) is 2.77. The Bertz CT molecular complexity index is 432. The van der Waals surface area contributed by atoms with Gasteiger partial charge in [0.2, 0.25) is 5.15 Å². The number of rotatable bonds is 4. The normalized spacial score (nSPS) is 10.9. The van der Waals surface area contributed by atoms with E-state index in [1.54, 1.807) is 13.0 Å². The maximum atomic E-state index is 10.8. The second kappa shape index (κ2) is 5.58. The Labute approximate surface area is 98.3 Å². The molecule has 0 bridgehead atoms. The molecule has 6 heteroatoms. The quantitative estimate of drug-likeness (QED) is 0.498. The smallest absolute Gasteiger partial charge is 0.309 e. The molecule has 0 spiro atoms. The molecule has 0 radical (unpaired) electrons. The summed E-state index contributed by atoms with van der Waals surface area (Å²) in [6.07, 6.45) is 5.17. The summed E-state index contributed by atoms with van der Waals surface area (Å²) in [4.78, 5) is 14.0. The molecule has 0 saturated carbocycles. The molecule has 5 nitrogen and oxygen atoms in total. The fraction of sp³-hybridized carbons (Fsp3) is 0.300. The van der Waals surface area contributed by atoms with Gasteiger partial charge in [0, 0.05) is 23.9 Å². The van der Waals surface area contributed by atoms with Crippen LogP contribution in [0.4, 0.5) is 5.69 Å². The zero-order valence-electron chi connectivity index (χ0n) is 9.03. The van der Waals surface area contributed by atoms with E-state index in [0.717, 1.165) is 0 Å². The van der Waals surface area contributed by atoms with Gasteiger partial charge in [-0.15, -0.1) is 0 Å². The second-order valence-corrected chi connectivity index (χ2v) is 3.55. The summed E-state index contributed by atoms with van der Waals surface area (Å²) in [6.45, 7) is 2.35. The number of nitrogens with one attached hydrogen (secondary N) is 1. The average molecular weight is 242 g/mol. The van der Waals surface area contributed by atoms with Gasteiger partial charge in [-0.3, -0.25) is 10.1 Å². The van der Waals surface area contributed by atoms with Gasteiger partial charge in [-0.05, 0) is 14.0 Å². The van der Waals surface area contributed by atoms with Gasteiger partial charge in [-0.25, -0.2) is 4.98 Å². The SMILES string of the molecule is CNCC=Cc1cnc(Cl)c([N+](=O)[O-])c1C. The van der Waals surface area contributed by atoms with Crippen LogP contribution in [0.25, 0.3) is 6.08 Å². The summed E-state index contributed by atoms with van der Waals surface area (Å²) >= 11 is 5.67. The van der Waals surface area contributed by atoms with Crippen LogP contribution >= 0.6 is 11.6 Å². The highest BCUT2D eigenvalue weighted by Gasteiger charge is 2.19. The monoisotopic (exact) mass is 241 g/mol. The molecule has 1 heterocycles. The minimum absolute atomic E-state index is 0.0757. The molecule has 86 valence electrons. The van der Waals surface area contributed by atoms with E-state index in [9.17, 15) is 10.1 Å². The number of hydrogen-bond donors (Lipinski definition) is 1. The number of nitrogens with zero attached hydrogens (tertiary/aromatic N) is 2. The Morgan fingerprint density at radius 1 is 1.69 bits per heavy atom. The van der Waals surface area contributed by atoms with Gasteiger partial charge >= 0.3 is 5.69 Å². The molecular formula is C10H12ClN3O2. The van der Waals surface area contributed by atoms with E-state index in [-0.39, 0.29) is 10.8 Å². The Hall–Kier alpha value is -1.46. The van der Waals surface area contributed by atoms with Crippen LogP contribution < -0.4 is 5.32 Å². The highest BCUT2D eigenvalue weighted by molar-refractivity contribution is 6.31. The number of halogens is 1. The molecule has 0 atom stereocenters. The summed E-state index contributed by atoms with van der Waals surface area (Å²) in [7, 11) is 1.82. The van der Waals surface area contributed by atoms with Crippen molar-refractivity contribution in [3.05, 3.63) is 38.7 Å². The zero-order chi connectivity index (χ0) is 12.1.